The molecule has 0 spiro atoms. The second kappa shape index (κ2) is 6.40. The van der Waals surface area contributed by atoms with Crippen molar-refractivity contribution in [2.75, 3.05) is 0 Å². The van der Waals surface area contributed by atoms with E-state index in [0.29, 0.717) is 16.8 Å². The van der Waals surface area contributed by atoms with Gasteiger partial charge in [0.25, 0.3) is 0 Å². The molecular weight excluding hydrogens is 314 g/mol. The minimum absolute atomic E-state index is 0.117. The van der Waals surface area contributed by atoms with Gasteiger partial charge < -0.3 is 5.73 Å². The number of nitrogens with one attached hydrogen (secondary N) is 1. The normalized spacial score (nSPS) is 11.4. The van der Waals surface area contributed by atoms with Crippen LogP contribution in [0.4, 0.5) is 0 Å². The molecule has 0 fully saturated rings. The standard InChI is InChI=1S/C12H13N3O2S3/c13-12(18)10-3-1-2-9(4-10)7-20(16,17)15-5-11-6-19-8-14-11/h1-4,6,8,15H,5,7H2,(H2,13,18). The summed E-state index contributed by atoms with van der Waals surface area (Å²) in [4.78, 5) is 4.27. The van der Waals surface area contributed by atoms with Crippen molar-refractivity contribution >= 4 is 38.6 Å². The van der Waals surface area contributed by atoms with E-state index in [9.17, 15) is 8.42 Å². The third kappa shape index (κ3) is 4.34. The van der Waals surface area contributed by atoms with Gasteiger partial charge in [0.1, 0.15) is 4.99 Å². The highest BCUT2D eigenvalue weighted by Crippen LogP contribution is 2.09. The molecule has 3 N–H and O–H groups in total. The Morgan fingerprint density at radius 3 is 2.90 bits per heavy atom. The van der Waals surface area contributed by atoms with E-state index in [1.807, 2.05) is 0 Å². The summed E-state index contributed by atoms with van der Waals surface area (Å²) < 4.78 is 26.5. The van der Waals surface area contributed by atoms with Crippen molar-refractivity contribution in [1.82, 2.24) is 9.71 Å². The number of thiocarbonyl (C=S) groups is 1. The molecule has 2 aromatic rings. The molecule has 1 heterocycles. The van der Waals surface area contributed by atoms with Gasteiger partial charge in [0.2, 0.25) is 10.0 Å². The molecule has 0 aliphatic carbocycles. The number of rotatable bonds is 6. The van der Waals surface area contributed by atoms with Crippen LogP contribution in [-0.4, -0.2) is 18.4 Å². The van der Waals surface area contributed by atoms with E-state index in [2.05, 4.69) is 9.71 Å². The van der Waals surface area contributed by atoms with Crippen LogP contribution in [0.25, 0.3) is 0 Å². The molecule has 106 valence electrons. The number of nitrogens with zero attached hydrogens (tertiary/aromatic N) is 1. The van der Waals surface area contributed by atoms with Crippen molar-refractivity contribution in [2.45, 2.75) is 12.3 Å². The highest BCUT2D eigenvalue weighted by molar-refractivity contribution is 7.88. The molecule has 1 aromatic carbocycles. The van der Waals surface area contributed by atoms with E-state index in [1.165, 1.54) is 11.3 Å². The number of hydrogen-bond donors (Lipinski definition) is 2. The number of benzene rings is 1. The number of hydrogen-bond acceptors (Lipinski definition) is 5. The summed E-state index contributed by atoms with van der Waals surface area (Å²) in [6, 6.07) is 6.90. The summed E-state index contributed by atoms with van der Waals surface area (Å²) in [7, 11) is -3.42. The largest absolute Gasteiger partial charge is 0.389 e. The third-order valence-corrected chi connectivity index (χ3v) is 4.69. The fourth-order valence-corrected chi connectivity index (χ4v) is 3.37. The van der Waals surface area contributed by atoms with E-state index in [0.717, 1.165) is 0 Å². The lowest BCUT2D eigenvalue weighted by atomic mass is 10.1. The smallest absolute Gasteiger partial charge is 0.216 e. The Bertz CT molecular complexity index is 696. The average Bonchev–Trinajstić information content (AvgIpc) is 2.89. The van der Waals surface area contributed by atoms with Gasteiger partial charge in [-0.1, -0.05) is 30.4 Å². The van der Waals surface area contributed by atoms with Gasteiger partial charge in [0.15, 0.2) is 0 Å². The fourth-order valence-electron chi connectivity index (χ4n) is 1.59. The van der Waals surface area contributed by atoms with E-state index >= 15 is 0 Å². The fraction of sp³-hybridized carbons (Fsp3) is 0.167. The Morgan fingerprint density at radius 1 is 1.45 bits per heavy atom. The molecule has 8 heteroatoms. The maximum atomic E-state index is 12.0. The number of nitrogens with two attached hydrogens (primary N) is 1. The Kier molecular flexibility index (Phi) is 4.81. The maximum absolute atomic E-state index is 12.0. The zero-order chi connectivity index (χ0) is 14.6. The first-order valence-corrected chi connectivity index (χ1v) is 8.70. The van der Waals surface area contributed by atoms with Gasteiger partial charge in [0, 0.05) is 10.9 Å². The molecule has 0 bridgehead atoms. The summed E-state index contributed by atoms with van der Waals surface area (Å²) in [5, 5.41) is 1.80. The van der Waals surface area contributed by atoms with Crippen molar-refractivity contribution in [2.24, 2.45) is 5.73 Å². The molecule has 20 heavy (non-hydrogen) atoms. The average molecular weight is 327 g/mol. The molecule has 2 rings (SSSR count). The minimum Gasteiger partial charge on any atom is -0.389 e. The van der Waals surface area contributed by atoms with Crippen LogP contribution in [0, 0.1) is 0 Å². The zero-order valence-electron chi connectivity index (χ0n) is 10.4. The van der Waals surface area contributed by atoms with Crippen LogP contribution in [0.2, 0.25) is 0 Å². The highest BCUT2D eigenvalue weighted by atomic mass is 32.2. The first-order chi connectivity index (χ1) is 9.46. The molecule has 0 aliphatic rings. The maximum Gasteiger partial charge on any atom is 0.216 e. The van der Waals surface area contributed by atoms with Crippen LogP contribution >= 0.6 is 23.6 Å². The topological polar surface area (TPSA) is 85.1 Å². The molecule has 0 aliphatic heterocycles. The molecule has 0 saturated heterocycles. The van der Waals surface area contributed by atoms with Crippen molar-refractivity contribution in [1.29, 1.82) is 0 Å². The van der Waals surface area contributed by atoms with Crippen molar-refractivity contribution in [3.8, 4) is 0 Å². The highest BCUT2D eigenvalue weighted by Gasteiger charge is 2.12. The Hall–Kier alpha value is -1.35. The predicted molar refractivity (Wildman–Crippen MR) is 83.9 cm³/mol. The summed E-state index contributed by atoms with van der Waals surface area (Å²) in [5.41, 5.74) is 9.19. The molecule has 0 radical (unpaired) electrons. The lowest BCUT2D eigenvalue weighted by molar-refractivity contribution is 0.579. The van der Waals surface area contributed by atoms with Crippen molar-refractivity contribution in [3.63, 3.8) is 0 Å². The lowest BCUT2D eigenvalue weighted by Crippen LogP contribution is -2.25. The van der Waals surface area contributed by atoms with Crippen LogP contribution in [0.5, 0.6) is 0 Å². The molecule has 1 aromatic heterocycles. The lowest BCUT2D eigenvalue weighted by Gasteiger charge is -2.07. The Morgan fingerprint density at radius 2 is 2.25 bits per heavy atom. The predicted octanol–water partition coefficient (Wildman–Crippen LogP) is 1.40. The Balaban J connectivity index is 2.04. The molecule has 5 nitrogen and oxygen atoms in total. The van der Waals surface area contributed by atoms with E-state index in [4.69, 9.17) is 18.0 Å². The van der Waals surface area contributed by atoms with Crippen LogP contribution in [0.3, 0.4) is 0 Å². The minimum atomic E-state index is -3.42. The SMILES string of the molecule is NC(=S)c1cccc(CS(=O)(=O)NCc2cscn2)c1. The van der Waals surface area contributed by atoms with Gasteiger partial charge in [-0.25, -0.2) is 18.1 Å². The quantitative estimate of drug-likeness (QED) is 0.783. The van der Waals surface area contributed by atoms with Crippen LogP contribution < -0.4 is 10.5 Å². The first kappa shape index (κ1) is 15.0. The molecule has 0 unspecified atom stereocenters. The molecule has 0 amide bonds. The van der Waals surface area contributed by atoms with Gasteiger partial charge >= 0.3 is 0 Å². The summed E-state index contributed by atoms with van der Waals surface area (Å²) in [6.07, 6.45) is 0. The number of aromatic nitrogens is 1. The van der Waals surface area contributed by atoms with Gasteiger partial charge in [-0.2, -0.15) is 0 Å². The second-order valence-electron chi connectivity index (χ2n) is 4.12. The third-order valence-electron chi connectivity index (χ3n) is 2.52. The van der Waals surface area contributed by atoms with Crippen LogP contribution in [-0.2, 0) is 22.3 Å². The van der Waals surface area contributed by atoms with Gasteiger partial charge in [-0.15, -0.1) is 11.3 Å². The Labute approximate surface area is 126 Å². The van der Waals surface area contributed by atoms with E-state index < -0.39 is 10.0 Å². The zero-order valence-corrected chi connectivity index (χ0v) is 12.9. The van der Waals surface area contributed by atoms with E-state index in [-0.39, 0.29) is 17.3 Å². The second-order valence-corrected chi connectivity index (χ2v) is 7.09. The summed E-state index contributed by atoms with van der Waals surface area (Å²) in [6.45, 7) is 0.195. The van der Waals surface area contributed by atoms with Gasteiger partial charge in [-0.05, 0) is 11.6 Å². The molecule has 0 saturated carbocycles. The number of sulfonamides is 1. The van der Waals surface area contributed by atoms with E-state index in [1.54, 1.807) is 35.2 Å². The first-order valence-electron chi connectivity index (χ1n) is 5.69. The van der Waals surface area contributed by atoms with Gasteiger partial charge in [-0.3, -0.25) is 0 Å². The van der Waals surface area contributed by atoms with Crippen molar-refractivity contribution in [3.05, 3.63) is 52.0 Å². The number of thiazole rings is 1. The monoisotopic (exact) mass is 327 g/mol. The molecular formula is C12H13N3O2S3. The van der Waals surface area contributed by atoms with Gasteiger partial charge in [0.05, 0.1) is 23.5 Å². The van der Waals surface area contributed by atoms with Crippen LogP contribution in [0.1, 0.15) is 16.8 Å². The van der Waals surface area contributed by atoms with Crippen LogP contribution in [0.15, 0.2) is 35.2 Å². The summed E-state index contributed by atoms with van der Waals surface area (Å²) in [5.74, 6) is -0.117. The summed E-state index contributed by atoms with van der Waals surface area (Å²) >= 11 is 6.30. The molecule has 0 atom stereocenters. The van der Waals surface area contributed by atoms with Crippen molar-refractivity contribution < 1.29 is 8.42 Å².